The van der Waals surface area contributed by atoms with Crippen LogP contribution in [0.25, 0.3) is 0 Å². The topological polar surface area (TPSA) is 59.4 Å². The van der Waals surface area contributed by atoms with Crippen molar-refractivity contribution < 1.29 is 9.53 Å². The molecule has 1 aromatic rings. The van der Waals surface area contributed by atoms with Gasteiger partial charge in [0.2, 0.25) is 5.91 Å². The predicted molar refractivity (Wildman–Crippen MR) is 83.5 cm³/mol. The summed E-state index contributed by atoms with van der Waals surface area (Å²) in [7, 11) is 1.94. The summed E-state index contributed by atoms with van der Waals surface area (Å²) in [5.41, 5.74) is 2.25. The first-order valence-electron chi connectivity index (χ1n) is 8.24. The van der Waals surface area contributed by atoms with E-state index in [9.17, 15) is 4.79 Å². The molecule has 1 aromatic heterocycles. The van der Waals surface area contributed by atoms with Crippen LogP contribution in [0.4, 0.5) is 0 Å². The van der Waals surface area contributed by atoms with Gasteiger partial charge in [-0.15, -0.1) is 0 Å². The number of likely N-dealkylation sites (N-methyl/N-ethyl adjacent to an activating group) is 1. The fourth-order valence-corrected chi connectivity index (χ4v) is 3.24. The summed E-state index contributed by atoms with van der Waals surface area (Å²) in [6.45, 7) is 6.03. The van der Waals surface area contributed by atoms with Crippen LogP contribution in [0.3, 0.4) is 0 Å². The van der Waals surface area contributed by atoms with E-state index in [1.54, 1.807) is 0 Å². The molecule has 1 saturated heterocycles. The van der Waals surface area contributed by atoms with Gasteiger partial charge in [0.1, 0.15) is 6.10 Å². The second-order valence-corrected chi connectivity index (χ2v) is 6.29. The zero-order valence-electron chi connectivity index (χ0n) is 13.7. The quantitative estimate of drug-likeness (QED) is 0.857. The average Bonchev–Trinajstić information content (AvgIpc) is 3.14. The van der Waals surface area contributed by atoms with Crippen LogP contribution in [0.2, 0.25) is 0 Å². The van der Waals surface area contributed by atoms with Crippen LogP contribution in [-0.4, -0.2) is 52.4 Å². The highest BCUT2D eigenvalue weighted by Gasteiger charge is 2.34. The summed E-state index contributed by atoms with van der Waals surface area (Å²) >= 11 is 0. The van der Waals surface area contributed by atoms with Crippen LogP contribution in [0.1, 0.15) is 43.5 Å². The summed E-state index contributed by atoms with van der Waals surface area (Å²) < 4.78 is 7.75. The first kappa shape index (κ1) is 15.5. The van der Waals surface area contributed by atoms with Crippen molar-refractivity contribution in [2.75, 3.05) is 19.7 Å². The number of carbonyl (C=O) groups excluding carboxylic acids is 1. The molecule has 2 atom stereocenters. The third kappa shape index (κ3) is 3.03. The van der Waals surface area contributed by atoms with E-state index in [-0.39, 0.29) is 18.1 Å². The Bertz CT molecular complexity index is 538. The van der Waals surface area contributed by atoms with Crippen LogP contribution in [-0.2, 0) is 16.6 Å². The largest absolute Gasteiger partial charge is 0.372 e. The Hall–Kier alpha value is -1.40. The van der Waals surface area contributed by atoms with E-state index >= 15 is 0 Å². The Morgan fingerprint density at radius 2 is 2.27 bits per heavy atom. The minimum Gasteiger partial charge on any atom is -0.372 e. The summed E-state index contributed by atoms with van der Waals surface area (Å²) in [5.74, 6) is 0.207. The monoisotopic (exact) mass is 306 g/mol. The van der Waals surface area contributed by atoms with Gasteiger partial charge in [0.15, 0.2) is 0 Å². The second kappa shape index (κ2) is 6.38. The SMILES string of the molecule is CCN(C(=O)CN[C@H]1CCO[C@@H]1c1cnn(C)c1C)C1CC1. The fraction of sp³-hybridized carbons (Fsp3) is 0.750. The van der Waals surface area contributed by atoms with Crippen LogP contribution in [0.15, 0.2) is 6.20 Å². The lowest BCUT2D eigenvalue weighted by Gasteiger charge is -2.24. The van der Waals surface area contributed by atoms with Gasteiger partial charge in [-0.25, -0.2) is 0 Å². The molecule has 122 valence electrons. The molecule has 2 heterocycles. The number of amides is 1. The zero-order valence-corrected chi connectivity index (χ0v) is 13.7. The number of ether oxygens (including phenoxy) is 1. The fourth-order valence-electron chi connectivity index (χ4n) is 3.24. The number of hydrogen-bond acceptors (Lipinski definition) is 4. The number of aromatic nitrogens is 2. The standard InChI is InChI=1S/C16H26N4O2/c1-4-20(12-5-6-12)15(21)10-17-14-7-8-22-16(14)13-9-18-19(3)11(13)2/h9,12,14,16-17H,4-8,10H2,1-3H3/t14-,16+/m0/s1. The lowest BCUT2D eigenvalue weighted by atomic mass is 10.0. The van der Waals surface area contributed by atoms with Crippen molar-refractivity contribution in [2.24, 2.45) is 7.05 Å². The molecule has 1 aliphatic carbocycles. The maximum absolute atomic E-state index is 12.3. The molecule has 2 fully saturated rings. The van der Waals surface area contributed by atoms with E-state index in [1.165, 1.54) is 0 Å². The molecule has 0 radical (unpaired) electrons. The van der Waals surface area contributed by atoms with Crippen molar-refractivity contribution >= 4 is 5.91 Å². The Morgan fingerprint density at radius 1 is 1.50 bits per heavy atom. The lowest BCUT2D eigenvalue weighted by Crippen LogP contribution is -2.43. The molecule has 1 aliphatic heterocycles. The number of rotatable bonds is 6. The van der Waals surface area contributed by atoms with Gasteiger partial charge in [-0.05, 0) is 33.1 Å². The van der Waals surface area contributed by atoms with E-state index < -0.39 is 0 Å². The van der Waals surface area contributed by atoms with Gasteiger partial charge >= 0.3 is 0 Å². The Balaban J connectivity index is 1.59. The van der Waals surface area contributed by atoms with Crippen molar-refractivity contribution in [1.82, 2.24) is 20.0 Å². The summed E-state index contributed by atoms with van der Waals surface area (Å²) in [4.78, 5) is 14.3. The molecule has 6 heteroatoms. The number of carbonyl (C=O) groups is 1. The second-order valence-electron chi connectivity index (χ2n) is 6.29. The Morgan fingerprint density at radius 3 is 2.86 bits per heavy atom. The molecule has 0 bridgehead atoms. The molecule has 0 spiro atoms. The highest BCUT2D eigenvalue weighted by atomic mass is 16.5. The third-order valence-corrected chi connectivity index (χ3v) is 4.84. The van der Waals surface area contributed by atoms with E-state index in [0.717, 1.165) is 43.7 Å². The minimum atomic E-state index is -0.00231. The molecule has 22 heavy (non-hydrogen) atoms. The number of nitrogens with zero attached hydrogens (tertiary/aromatic N) is 3. The van der Waals surface area contributed by atoms with Crippen molar-refractivity contribution in [2.45, 2.75) is 51.3 Å². The van der Waals surface area contributed by atoms with Crippen molar-refractivity contribution in [3.8, 4) is 0 Å². The predicted octanol–water partition coefficient (Wildman–Crippen LogP) is 1.16. The van der Waals surface area contributed by atoms with Gasteiger partial charge in [-0.2, -0.15) is 5.10 Å². The highest BCUT2D eigenvalue weighted by molar-refractivity contribution is 5.79. The molecule has 1 saturated carbocycles. The molecular weight excluding hydrogens is 280 g/mol. The van der Waals surface area contributed by atoms with Crippen LogP contribution in [0, 0.1) is 6.92 Å². The number of nitrogens with one attached hydrogen (secondary N) is 1. The van der Waals surface area contributed by atoms with Gasteiger partial charge in [-0.3, -0.25) is 9.48 Å². The van der Waals surface area contributed by atoms with Gasteiger partial charge in [0.05, 0.1) is 12.7 Å². The molecule has 2 aliphatic rings. The first-order valence-corrected chi connectivity index (χ1v) is 8.24. The van der Waals surface area contributed by atoms with Gasteiger partial charge in [0.25, 0.3) is 0 Å². The maximum atomic E-state index is 12.3. The van der Waals surface area contributed by atoms with E-state index in [1.807, 2.05) is 22.8 Å². The van der Waals surface area contributed by atoms with Gasteiger partial charge in [-0.1, -0.05) is 0 Å². The van der Waals surface area contributed by atoms with Crippen molar-refractivity contribution in [3.63, 3.8) is 0 Å². The molecule has 1 amide bonds. The number of hydrogen-bond donors (Lipinski definition) is 1. The third-order valence-electron chi connectivity index (χ3n) is 4.84. The molecular formula is C16H26N4O2. The van der Waals surface area contributed by atoms with Crippen LogP contribution in [0.5, 0.6) is 0 Å². The van der Waals surface area contributed by atoms with E-state index in [0.29, 0.717) is 12.6 Å². The summed E-state index contributed by atoms with van der Waals surface area (Å²) in [5, 5.41) is 7.71. The zero-order chi connectivity index (χ0) is 15.7. The summed E-state index contributed by atoms with van der Waals surface area (Å²) in [6.07, 6.45) is 5.12. The van der Waals surface area contributed by atoms with Crippen molar-refractivity contribution in [3.05, 3.63) is 17.5 Å². The normalized spacial score (nSPS) is 24.7. The summed E-state index contributed by atoms with van der Waals surface area (Å²) in [6, 6.07) is 0.667. The Kier molecular flexibility index (Phi) is 4.49. The molecule has 1 N–H and O–H groups in total. The van der Waals surface area contributed by atoms with Crippen LogP contribution < -0.4 is 5.32 Å². The lowest BCUT2D eigenvalue weighted by molar-refractivity contribution is -0.130. The van der Waals surface area contributed by atoms with Gasteiger partial charge < -0.3 is 15.0 Å². The van der Waals surface area contributed by atoms with Crippen LogP contribution >= 0.6 is 0 Å². The van der Waals surface area contributed by atoms with Gasteiger partial charge in [0, 0.05) is 43.5 Å². The highest BCUT2D eigenvalue weighted by Crippen LogP contribution is 2.31. The van der Waals surface area contributed by atoms with E-state index in [4.69, 9.17) is 4.74 Å². The molecule has 3 rings (SSSR count). The Labute approximate surface area is 131 Å². The molecule has 0 unspecified atom stereocenters. The first-order chi connectivity index (χ1) is 10.6. The smallest absolute Gasteiger partial charge is 0.236 e. The molecule has 0 aromatic carbocycles. The number of aryl methyl sites for hydroxylation is 1. The average molecular weight is 306 g/mol. The van der Waals surface area contributed by atoms with E-state index in [2.05, 4.69) is 24.3 Å². The van der Waals surface area contributed by atoms with Crippen molar-refractivity contribution in [1.29, 1.82) is 0 Å². The molecule has 6 nitrogen and oxygen atoms in total. The minimum absolute atomic E-state index is 0.00231. The maximum Gasteiger partial charge on any atom is 0.236 e.